The van der Waals surface area contributed by atoms with E-state index in [0.29, 0.717) is 6.29 Å². The molecular weight excluding hydrogens is 231 g/mol. The van der Waals surface area contributed by atoms with Crippen LogP contribution >= 0.6 is 0 Å². The summed E-state index contributed by atoms with van der Waals surface area (Å²) in [6.07, 6.45) is 0.479. The number of ether oxygens (including phenoxy) is 1. The standard InChI is InChI=1S/C10H9FN2O4/c11-7-3-6(4-14)1-2-8(7)17-5-9(15)13-10(12)16/h1-4H,5H2,(H3,12,13,15,16). The highest BCUT2D eigenvalue weighted by Gasteiger charge is 2.08. The number of carbonyl (C=O) groups is 3. The van der Waals surface area contributed by atoms with Crippen molar-refractivity contribution in [3.05, 3.63) is 29.6 Å². The van der Waals surface area contributed by atoms with Gasteiger partial charge >= 0.3 is 6.03 Å². The first-order chi connectivity index (χ1) is 8.02. The number of carbonyl (C=O) groups excluding carboxylic acids is 3. The van der Waals surface area contributed by atoms with Gasteiger partial charge < -0.3 is 10.5 Å². The van der Waals surface area contributed by atoms with Gasteiger partial charge in [-0.05, 0) is 18.2 Å². The molecule has 0 spiro atoms. The number of aldehydes is 1. The highest BCUT2D eigenvalue weighted by molar-refractivity contribution is 5.94. The summed E-state index contributed by atoms with van der Waals surface area (Å²) in [7, 11) is 0. The van der Waals surface area contributed by atoms with Crippen molar-refractivity contribution in [1.82, 2.24) is 5.32 Å². The third-order valence-corrected chi connectivity index (χ3v) is 1.71. The number of imide groups is 1. The van der Waals surface area contributed by atoms with Crippen LogP contribution in [0, 0.1) is 5.82 Å². The molecule has 0 aromatic heterocycles. The van der Waals surface area contributed by atoms with Crippen molar-refractivity contribution in [2.45, 2.75) is 0 Å². The monoisotopic (exact) mass is 240 g/mol. The van der Waals surface area contributed by atoms with Crippen LogP contribution in [-0.2, 0) is 4.79 Å². The Morgan fingerprint density at radius 2 is 2.18 bits per heavy atom. The van der Waals surface area contributed by atoms with Crippen molar-refractivity contribution >= 4 is 18.2 Å². The third-order valence-electron chi connectivity index (χ3n) is 1.71. The quantitative estimate of drug-likeness (QED) is 0.735. The summed E-state index contributed by atoms with van der Waals surface area (Å²) in [5, 5.41) is 1.75. The maximum atomic E-state index is 13.2. The molecule has 17 heavy (non-hydrogen) atoms. The van der Waals surface area contributed by atoms with E-state index in [1.54, 1.807) is 5.32 Å². The van der Waals surface area contributed by atoms with Gasteiger partial charge in [0.1, 0.15) is 6.29 Å². The van der Waals surface area contributed by atoms with Crippen molar-refractivity contribution in [3.63, 3.8) is 0 Å². The Morgan fingerprint density at radius 3 is 2.71 bits per heavy atom. The second-order valence-corrected chi connectivity index (χ2v) is 3.01. The average Bonchev–Trinajstić information content (AvgIpc) is 2.26. The minimum absolute atomic E-state index is 0.149. The fourth-order valence-corrected chi connectivity index (χ4v) is 1.02. The fraction of sp³-hybridized carbons (Fsp3) is 0.100. The Kier molecular flexibility index (Phi) is 4.15. The van der Waals surface area contributed by atoms with Gasteiger partial charge in [0.15, 0.2) is 18.2 Å². The zero-order valence-corrected chi connectivity index (χ0v) is 8.60. The van der Waals surface area contributed by atoms with Crippen LogP contribution in [0.4, 0.5) is 9.18 Å². The van der Waals surface area contributed by atoms with E-state index >= 15 is 0 Å². The summed E-state index contributed by atoms with van der Waals surface area (Å²) in [4.78, 5) is 31.6. The van der Waals surface area contributed by atoms with E-state index in [1.165, 1.54) is 12.1 Å². The first kappa shape index (κ1) is 12.6. The molecule has 90 valence electrons. The van der Waals surface area contributed by atoms with E-state index in [4.69, 9.17) is 10.5 Å². The van der Waals surface area contributed by atoms with E-state index in [9.17, 15) is 18.8 Å². The van der Waals surface area contributed by atoms with Gasteiger partial charge in [-0.3, -0.25) is 14.9 Å². The SMILES string of the molecule is NC(=O)NC(=O)COc1ccc(C=O)cc1F. The lowest BCUT2D eigenvalue weighted by Gasteiger charge is -2.06. The number of primary amides is 1. The van der Waals surface area contributed by atoms with Crippen molar-refractivity contribution < 1.29 is 23.5 Å². The predicted octanol–water partition coefficient (Wildman–Crippen LogP) is 0.212. The van der Waals surface area contributed by atoms with Crippen molar-refractivity contribution in [3.8, 4) is 5.75 Å². The smallest absolute Gasteiger partial charge is 0.318 e. The molecule has 0 radical (unpaired) electrons. The van der Waals surface area contributed by atoms with Crippen LogP contribution in [0.25, 0.3) is 0 Å². The lowest BCUT2D eigenvalue weighted by molar-refractivity contribution is -0.121. The number of rotatable bonds is 4. The highest BCUT2D eigenvalue weighted by Crippen LogP contribution is 2.17. The van der Waals surface area contributed by atoms with Gasteiger partial charge in [0.05, 0.1) is 0 Å². The van der Waals surface area contributed by atoms with E-state index in [2.05, 4.69) is 0 Å². The number of halogens is 1. The largest absolute Gasteiger partial charge is 0.481 e. The summed E-state index contributed by atoms with van der Waals surface area (Å²) in [6.45, 7) is -0.555. The first-order valence-corrected chi connectivity index (χ1v) is 4.49. The molecule has 1 rings (SSSR count). The molecule has 0 aliphatic heterocycles. The second kappa shape index (κ2) is 5.59. The predicted molar refractivity (Wildman–Crippen MR) is 55.0 cm³/mol. The molecule has 0 saturated carbocycles. The van der Waals surface area contributed by atoms with Crippen LogP contribution in [0.5, 0.6) is 5.75 Å². The first-order valence-electron chi connectivity index (χ1n) is 4.49. The number of urea groups is 1. The van der Waals surface area contributed by atoms with Gasteiger partial charge in [-0.25, -0.2) is 9.18 Å². The summed E-state index contributed by atoms with van der Waals surface area (Å²) < 4.78 is 18.0. The normalized spacial score (nSPS) is 9.47. The molecule has 1 aromatic carbocycles. The maximum absolute atomic E-state index is 13.2. The van der Waals surface area contributed by atoms with Crippen LogP contribution in [0.1, 0.15) is 10.4 Å². The van der Waals surface area contributed by atoms with Gasteiger partial charge in [0.2, 0.25) is 0 Å². The van der Waals surface area contributed by atoms with E-state index in [1.807, 2.05) is 0 Å². The summed E-state index contributed by atoms with van der Waals surface area (Å²) >= 11 is 0. The van der Waals surface area contributed by atoms with Crippen LogP contribution in [-0.4, -0.2) is 24.8 Å². The van der Waals surface area contributed by atoms with Gasteiger partial charge in [-0.15, -0.1) is 0 Å². The molecular formula is C10H9FN2O4. The summed E-state index contributed by atoms with van der Waals surface area (Å²) in [6, 6.07) is 2.48. The molecule has 0 atom stereocenters. The zero-order valence-electron chi connectivity index (χ0n) is 8.60. The zero-order chi connectivity index (χ0) is 12.8. The van der Waals surface area contributed by atoms with Gasteiger partial charge in [-0.1, -0.05) is 0 Å². The number of benzene rings is 1. The Labute approximate surface area is 95.5 Å². The number of hydrogen-bond acceptors (Lipinski definition) is 4. The number of nitrogens with two attached hydrogens (primary N) is 1. The Hall–Kier alpha value is -2.44. The number of amides is 3. The molecule has 0 saturated heterocycles. The molecule has 0 bridgehead atoms. The Balaban J connectivity index is 2.60. The number of nitrogens with one attached hydrogen (secondary N) is 1. The molecule has 1 aromatic rings. The Morgan fingerprint density at radius 1 is 1.47 bits per heavy atom. The average molecular weight is 240 g/mol. The Bertz CT molecular complexity index is 462. The van der Waals surface area contributed by atoms with E-state index in [-0.39, 0.29) is 11.3 Å². The lowest BCUT2D eigenvalue weighted by Crippen LogP contribution is -2.38. The molecule has 3 N–H and O–H groups in total. The topological polar surface area (TPSA) is 98.5 Å². The van der Waals surface area contributed by atoms with Gasteiger partial charge in [-0.2, -0.15) is 0 Å². The summed E-state index contributed by atoms with van der Waals surface area (Å²) in [5.41, 5.74) is 4.84. The maximum Gasteiger partial charge on any atom is 0.318 e. The highest BCUT2D eigenvalue weighted by atomic mass is 19.1. The molecule has 7 heteroatoms. The number of hydrogen-bond donors (Lipinski definition) is 2. The van der Waals surface area contributed by atoms with Crippen LogP contribution < -0.4 is 15.8 Å². The van der Waals surface area contributed by atoms with Crippen molar-refractivity contribution in [2.24, 2.45) is 5.73 Å². The van der Waals surface area contributed by atoms with Gasteiger partial charge in [0.25, 0.3) is 5.91 Å². The molecule has 0 unspecified atom stereocenters. The van der Waals surface area contributed by atoms with Gasteiger partial charge in [0, 0.05) is 5.56 Å². The molecule has 0 fully saturated rings. The minimum atomic E-state index is -1.02. The molecule has 0 aliphatic carbocycles. The minimum Gasteiger partial charge on any atom is -0.481 e. The molecule has 0 aliphatic rings. The van der Waals surface area contributed by atoms with E-state index < -0.39 is 24.4 Å². The fourth-order valence-electron chi connectivity index (χ4n) is 1.02. The van der Waals surface area contributed by atoms with Crippen molar-refractivity contribution in [2.75, 3.05) is 6.61 Å². The second-order valence-electron chi connectivity index (χ2n) is 3.01. The van der Waals surface area contributed by atoms with Crippen molar-refractivity contribution in [1.29, 1.82) is 0 Å². The molecule has 0 heterocycles. The molecule has 6 nitrogen and oxygen atoms in total. The van der Waals surface area contributed by atoms with E-state index in [0.717, 1.165) is 6.07 Å². The molecule has 3 amide bonds. The van der Waals surface area contributed by atoms with Crippen LogP contribution in [0.3, 0.4) is 0 Å². The van der Waals surface area contributed by atoms with Crippen LogP contribution in [0.2, 0.25) is 0 Å². The lowest BCUT2D eigenvalue weighted by atomic mass is 10.2. The third kappa shape index (κ3) is 3.90. The summed E-state index contributed by atoms with van der Waals surface area (Å²) in [5.74, 6) is -1.77. The van der Waals surface area contributed by atoms with Crippen LogP contribution in [0.15, 0.2) is 18.2 Å².